The van der Waals surface area contributed by atoms with Crippen LogP contribution in [0.1, 0.15) is 36.2 Å². The molecule has 0 fully saturated rings. The summed E-state index contributed by atoms with van der Waals surface area (Å²) in [7, 11) is 2.01. The van der Waals surface area contributed by atoms with E-state index in [4.69, 9.17) is 11.6 Å². The van der Waals surface area contributed by atoms with Gasteiger partial charge in [-0.2, -0.15) is 5.10 Å². The number of hydrogen-bond donors (Lipinski definition) is 1. The van der Waals surface area contributed by atoms with Gasteiger partial charge in [0.25, 0.3) is 0 Å². The SMILES string of the molecule is CCCNCC(Cc1cc(C)nn1C)c1ccccc1Cl. The Morgan fingerprint density at radius 1 is 1.33 bits per heavy atom. The van der Waals surface area contributed by atoms with E-state index in [2.05, 4.69) is 35.5 Å². The van der Waals surface area contributed by atoms with E-state index in [9.17, 15) is 0 Å². The van der Waals surface area contributed by atoms with Crippen molar-refractivity contribution in [3.05, 3.63) is 52.3 Å². The van der Waals surface area contributed by atoms with Crippen LogP contribution in [0.2, 0.25) is 5.02 Å². The predicted octanol–water partition coefficient (Wildman–Crippen LogP) is 3.71. The lowest BCUT2D eigenvalue weighted by Gasteiger charge is -2.19. The highest BCUT2D eigenvalue weighted by molar-refractivity contribution is 6.31. The Morgan fingerprint density at radius 2 is 2.10 bits per heavy atom. The first-order valence-electron chi connectivity index (χ1n) is 7.56. The normalized spacial score (nSPS) is 12.6. The highest BCUT2D eigenvalue weighted by atomic mass is 35.5. The van der Waals surface area contributed by atoms with Gasteiger partial charge in [-0.05, 0) is 44.0 Å². The second kappa shape index (κ2) is 7.62. The maximum Gasteiger partial charge on any atom is 0.0596 e. The molecule has 21 heavy (non-hydrogen) atoms. The average Bonchev–Trinajstić information content (AvgIpc) is 2.77. The van der Waals surface area contributed by atoms with Crippen molar-refractivity contribution in [3.63, 3.8) is 0 Å². The van der Waals surface area contributed by atoms with Gasteiger partial charge in [0.1, 0.15) is 0 Å². The van der Waals surface area contributed by atoms with Gasteiger partial charge in [-0.1, -0.05) is 36.7 Å². The lowest BCUT2D eigenvalue weighted by Crippen LogP contribution is -2.24. The Labute approximate surface area is 132 Å². The number of benzene rings is 1. The van der Waals surface area contributed by atoms with E-state index < -0.39 is 0 Å². The quantitative estimate of drug-likeness (QED) is 0.790. The summed E-state index contributed by atoms with van der Waals surface area (Å²) in [5.74, 6) is 0.361. The van der Waals surface area contributed by atoms with E-state index in [-0.39, 0.29) is 0 Å². The molecule has 0 aliphatic rings. The van der Waals surface area contributed by atoms with Gasteiger partial charge < -0.3 is 5.32 Å². The van der Waals surface area contributed by atoms with Crippen LogP contribution < -0.4 is 5.32 Å². The third-order valence-corrected chi connectivity index (χ3v) is 4.06. The number of nitrogens with zero attached hydrogens (tertiary/aromatic N) is 2. The van der Waals surface area contributed by atoms with Crippen LogP contribution in [0.15, 0.2) is 30.3 Å². The topological polar surface area (TPSA) is 29.9 Å². The minimum Gasteiger partial charge on any atom is -0.316 e. The molecule has 0 aliphatic carbocycles. The van der Waals surface area contributed by atoms with Gasteiger partial charge in [0, 0.05) is 30.2 Å². The molecule has 2 rings (SSSR count). The van der Waals surface area contributed by atoms with Crippen LogP contribution in [-0.4, -0.2) is 22.9 Å². The molecule has 0 spiro atoms. The fourth-order valence-corrected chi connectivity index (χ4v) is 2.95. The Morgan fingerprint density at radius 3 is 2.71 bits per heavy atom. The first-order chi connectivity index (χ1) is 10.1. The van der Waals surface area contributed by atoms with Crippen molar-refractivity contribution >= 4 is 11.6 Å². The fraction of sp³-hybridized carbons (Fsp3) is 0.471. The number of rotatable bonds is 7. The van der Waals surface area contributed by atoms with E-state index >= 15 is 0 Å². The number of nitrogens with one attached hydrogen (secondary N) is 1. The van der Waals surface area contributed by atoms with Gasteiger partial charge in [0.05, 0.1) is 5.69 Å². The summed E-state index contributed by atoms with van der Waals surface area (Å²) in [5, 5.41) is 8.81. The molecule has 0 radical (unpaired) electrons. The largest absolute Gasteiger partial charge is 0.316 e. The lowest BCUT2D eigenvalue weighted by atomic mass is 9.93. The molecule has 0 amide bonds. The van der Waals surface area contributed by atoms with Crippen molar-refractivity contribution in [1.82, 2.24) is 15.1 Å². The fourth-order valence-electron chi connectivity index (χ4n) is 2.66. The minimum atomic E-state index is 0.361. The molecule has 0 saturated heterocycles. The van der Waals surface area contributed by atoms with Gasteiger partial charge in [-0.15, -0.1) is 0 Å². The van der Waals surface area contributed by atoms with Crippen LogP contribution in [0.5, 0.6) is 0 Å². The van der Waals surface area contributed by atoms with Crippen molar-refractivity contribution < 1.29 is 0 Å². The molecule has 1 unspecified atom stereocenters. The summed E-state index contributed by atoms with van der Waals surface area (Å²) in [5.41, 5.74) is 3.52. The molecule has 1 aromatic carbocycles. The molecular weight excluding hydrogens is 282 g/mol. The van der Waals surface area contributed by atoms with Crippen molar-refractivity contribution in [2.75, 3.05) is 13.1 Å². The number of aromatic nitrogens is 2. The van der Waals surface area contributed by atoms with Crippen LogP contribution >= 0.6 is 11.6 Å². The molecule has 0 aliphatic heterocycles. The molecule has 2 aromatic rings. The van der Waals surface area contributed by atoms with Crippen LogP contribution in [0, 0.1) is 6.92 Å². The number of hydrogen-bond acceptors (Lipinski definition) is 2. The van der Waals surface area contributed by atoms with Crippen molar-refractivity contribution in [2.24, 2.45) is 7.05 Å². The Kier molecular flexibility index (Phi) is 5.83. The van der Waals surface area contributed by atoms with Gasteiger partial charge in [0.15, 0.2) is 0 Å². The Hall–Kier alpha value is -1.32. The molecule has 3 nitrogen and oxygen atoms in total. The molecule has 0 bridgehead atoms. The second-order valence-electron chi connectivity index (χ2n) is 5.53. The number of halogens is 1. The summed E-state index contributed by atoms with van der Waals surface area (Å²) in [6, 6.07) is 10.3. The van der Waals surface area contributed by atoms with Crippen molar-refractivity contribution in [3.8, 4) is 0 Å². The second-order valence-corrected chi connectivity index (χ2v) is 5.93. The summed E-state index contributed by atoms with van der Waals surface area (Å²) in [4.78, 5) is 0. The average molecular weight is 306 g/mol. The lowest BCUT2D eigenvalue weighted by molar-refractivity contribution is 0.557. The van der Waals surface area contributed by atoms with Crippen LogP contribution in [0.25, 0.3) is 0 Å². The van der Waals surface area contributed by atoms with Crippen LogP contribution in [-0.2, 0) is 13.5 Å². The van der Waals surface area contributed by atoms with E-state index in [0.29, 0.717) is 5.92 Å². The van der Waals surface area contributed by atoms with Gasteiger partial charge in [-0.25, -0.2) is 0 Å². The first kappa shape index (κ1) is 16.1. The molecule has 1 aromatic heterocycles. The zero-order chi connectivity index (χ0) is 15.2. The zero-order valence-corrected chi connectivity index (χ0v) is 13.8. The molecule has 4 heteroatoms. The third-order valence-electron chi connectivity index (χ3n) is 3.72. The number of aryl methyl sites for hydroxylation is 2. The standard InChI is InChI=1S/C17H24ClN3/c1-4-9-19-12-14(16-7-5-6-8-17(16)18)11-15-10-13(2)20-21(15)3/h5-8,10,14,19H,4,9,11-12H2,1-3H3. The van der Waals surface area contributed by atoms with Crippen molar-refractivity contribution in [1.29, 1.82) is 0 Å². The van der Waals surface area contributed by atoms with Gasteiger partial charge in [-0.3, -0.25) is 4.68 Å². The minimum absolute atomic E-state index is 0.361. The molecule has 1 heterocycles. The highest BCUT2D eigenvalue weighted by Crippen LogP contribution is 2.27. The monoisotopic (exact) mass is 305 g/mol. The Bertz CT molecular complexity index is 577. The smallest absolute Gasteiger partial charge is 0.0596 e. The summed E-state index contributed by atoms with van der Waals surface area (Å²) >= 11 is 6.39. The summed E-state index contributed by atoms with van der Waals surface area (Å²) in [6.45, 7) is 6.18. The van der Waals surface area contributed by atoms with Gasteiger partial charge >= 0.3 is 0 Å². The van der Waals surface area contributed by atoms with E-state index in [1.807, 2.05) is 30.8 Å². The predicted molar refractivity (Wildman–Crippen MR) is 89.0 cm³/mol. The molecule has 114 valence electrons. The zero-order valence-electron chi connectivity index (χ0n) is 13.1. The van der Waals surface area contributed by atoms with Crippen LogP contribution in [0.4, 0.5) is 0 Å². The maximum atomic E-state index is 6.39. The van der Waals surface area contributed by atoms with Crippen molar-refractivity contribution in [2.45, 2.75) is 32.6 Å². The molecule has 1 N–H and O–H groups in total. The van der Waals surface area contributed by atoms with E-state index in [0.717, 1.165) is 36.6 Å². The Balaban J connectivity index is 2.19. The maximum absolute atomic E-state index is 6.39. The van der Waals surface area contributed by atoms with Gasteiger partial charge in [0.2, 0.25) is 0 Å². The molecule has 1 atom stereocenters. The summed E-state index contributed by atoms with van der Waals surface area (Å²) < 4.78 is 1.97. The molecule has 0 saturated carbocycles. The highest BCUT2D eigenvalue weighted by Gasteiger charge is 2.17. The van der Waals surface area contributed by atoms with E-state index in [1.54, 1.807) is 0 Å². The van der Waals surface area contributed by atoms with Crippen LogP contribution in [0.3, 0.4) is 0 Å². The van der Waals surface area contributed by atoms with E-state index in [1.165, 1.54) is 11.3 Å². The molecular formula is C17H24ClN3. The third kappa shape index (κ3) is 4.32. The summed E-state index contributed by atoms with van der Waals surface area (Å²) in [6.07, 6.45) is 2.08. The first-order valence-corrected chi connectivity index (χ1v) is 7.94.